The second-order valence-corrected chi connectivity index (χ2v) is 8.75. The van der Waals surface area contributed by atoms with E-state index < -0.39 is 5.54 Å². The van der Waals surface area contributed by atoms with Gasteiger partial charge in [-0.1, -0.05) is 0 Å². The highest BCUT2D eigenvalue weighted by atomic mass is 127. The molecule has 0 bridgehead atoms. The Labute approximate surface area is 171 Å². The van der Waals surface area contributed by atoms with Crippen molar-refractivity contribution in [2.45, 2.75) is 43.9 Å². The molecule has 25 heavy (non-hydrogen) atoms. The lowest BCUT2D eigenvalue weighted by atomic mass is 9.79. The van der Waals surface area contributed by atoms with Crippen molar-refractivity contribution < 1.29 is 9.59 Å². The molecular formula is C16H30IN5O2S. The van der Waals surface area contributed by atoms with Gasteiger partial charge >= 0.3 is 6.03 Å². The molecule has 3 amide bonds. The lowest BCUT2D eigenvalue weighted by molar-refractivity contribution is -0.125. The molecule has 2 aliphatic rings. The number of guanidine groups is 1. The molecule has 1 atom stereocenters. The molecule has 7 nitrogen and oxygen atoms in total. The maximum atomic E-state index is 12.1. The number of nitrogens with zero attached hydrogens (tertiary/aromatic N) is 2. The average molecular weight is 483 g/mol. The smallest absolute Gasteiger partial charge is 0.322 e. The van der Waals surface area contributed by atoms with Gasteiger partial charge in [0, 0.05) is 31.4 Å². The van der Waals surface area contributed by atoms with Crippen LogP contribution in [0.4, 0.5) is 4.79 Å². The van der Waals surface area contributed by atoms with Crippen LogP contribution in [0.1, 0.15) is 33.6 Å². The molecule has 2 heterocycles. The highest BCUT2D eigenvalue weighted by Gasteiger charge is 2.48. The third-order valence-electron chi connectivity index (χ3n) is 5.12. The largest absolute Gasteiger partial charge is 0.355 e. The fourth-order valence-electron chi connectivity index (χ4n) is 3.21. The van der Waals surface area contributed by atoms with Gasteiger partial charge in [0.05, 0.1) is 0 Å². The van der Waals surface area contributed by atoms with E-state index in [2.05, 4.69) is 45.9 Å². The maximum absolute atomic E-state index is 12.1. The Kier molecular flexibility index (Phi) is 7.85. The Hall–Kier alpha value is -0.710. The van der Waals surface area contributed by atoms with Crippen LogP contribution in [-0.2, 0) is 4.79 Å². The number of carbonyl (C=O) groups is 2. The van der Waals surface area contributed by atoms with Crippen molar-refractivity contribution >= 4 is 53.6 Å². The van der Waals surface area contributed by atoms with E-state index in [4.69, 9.17) is 0 Å². The number of likely N-dealkylation sites (tertiary alicyclic amines) is 1. The molecule has 2 saturated heterocycles. The zero-order valence-corrected chi connectivity index (χ0v) is 18.8. The first-order valence-corrected chi connectivity index (χ1v) is 9.58. The van der Waals surface area contributed by atoms with Gasteiger partial charge in [0.15, 0.2) is 5.96 Å². The fourth-order valence-corrected chi connectivity index (χ4v) is 3.43. The molecule has 0 aromatic rings. The van der Waals surface area contributed by atoms with E-state index in [1.807, 2.05) is 18.7 Å². The molecule has 0 saturated carbocycles. The van der Waals surface area contributed by atoms with Crippen molar-refractivity contribution in [2.24, 2.45) is 10.9 Å². The second kappa shape index (κ2) is 8.79. The minimum Gasteiger partial charge on any atom is -0.355 e. The summed E-state index contributed by atoms with van der Waals surface area (Å²) >= 11 is 1.82. The monoisotopic (exact) mass is 483 g/mol. The van der Waals surface area contributed by atoms with Crippen LogP contribution in [0, 0.1) is 5.92 Å². The van der Waals surface area contributed by atoms with Crippen molar-refractivity contribution in [3.63, 3.8) is 0 Å². The molecule has 144 valence electrons. The summed E-state index contributed by atoms with van der Waals surface area (Å²) in [6.45, 7) is 8.71. The van der Waals surface area contributed by atoms with Crippen molar-refractivity contribution in [1.82, 2.24) is 20.9 Å². The summed E-state index contributed by atoms with van der Waals surface area (Å²) in [6.07, 6.45) is 3.80. The van der Waals surface area contributed by atoms with Crippen LogP contribution in [-0.4, -0.2) is 66.0 Å². The molecule has 3 N–H and O–H groups in total. The quantitative estimate of drug-likeness (QED) is 0.245. The summed E-state index contributed by atoms with van der Waals surface area (Å²) in [5.74, 6) is 0.830. The Bertz CT molecular complexity index is 535. The predicted octanol–water partition coefficient (Wildman–Crippen LogP) is 1.63. The summed E-state index contributed by atoms with van der Waals surface area (Å²) in [4.78, 5) is 30.1. The van der Waals surface area contributed by atoms with E-state index in [-0.39, 0.29) is 46.6 Å². The first-order valence-electron chi connectivity index (χ1n) is 8.36. The van der Waals surface area contributed by atoms with E-state index in [9.17, 15) is 9.59 Å². The molecule has 0 radical (unpaired) electrons. The number of imide groups is 1. The molecular weight excluding hydrogens is 453 g/mol. The van der Waals surface area contributed by atoms with Crippen LogP contribution in [0.15, 0.2) is 4.99 Å². The summed E-state index contributed by atoms with van der Waals surface area (Å²) in [6, 6.07) is -0.387. The Morgan fingerprint density at radius 2 is 2.00 bits per heavy atom. The topological polar surface area (TPSA) is 85.8 Å². The normalized spacial score (nSPS) is 25.3. The Morgan fingerprint density at radius 1 is 1.40 bits per heavy atom. The summed E-state index contributed by atoms with van der Waals surface area (Å²) < 4.78 is 0.147. The molecule has 2 rings (SSSR count). The highest BCUT2D eigenvalue weighted by Crippen LogP contribution is 2.30. The molecule has 9 heteroatoms. The van der Waals surface area contributed by atoms with Gasteiger partial charge in [-0.05, 0) is 45.8 Å². The molecule has 0 spiro atoms. The minimum atomic E-state index is -0.791. The minimum absolute atomic E-state index is 0. The zero-order valence-electron chi connectivity index (χ0n) is 15.6. The van der Waals surface area contributed by atoms with Gasteiger partial charge in [0.2, 0.25) is 0 Å². The number of halogens is 1. The Morgan fingerprint density at radius 3 is 2.44 bits per heavy atom. The van der Waals surface area contributed by atoms with Crippen LogP contribution in [0.2, 0.25) is 0 Å². The molecule has 0 aromatic carbocycles. The number of hydrogen-bond acceptors (Lipinski definition) is 4. The van der Waals surface area contributed by atoms with E-state index in [1.54, 1.807) is 7.05 Å². The molecule has 0 aliphatic carbocycles. The average Bonchev–Trinajstić information content (AvgIpc) is 2.82. The number of urea groups is 1. The van der Waals surface area contributed by atoms with Gasteiger partial charge in [-0.3, -0.25) is 15.1 Å². The zero-order chi connectivity index (χ0) is 18.0. The van der Waals surface area contributed by atoms with Crippen LogP contribution < -0.4 is 16.0 Å². The van der Waals surface area contributed by atoms with E-state index in [0.29, 0.717) is 0 Å². The third kappa shape index (κ3) is 5.15. The van der Waals surface area contributed by atoms with Crippen molar-refractivity contribution in [2.75, 3.05) is 32.9 Å². The number of carbonyl (C=O) groups excluding carboxylic acids is 2. The standard InChI is InChI=1S/C16H29N5O2S.HI/c1-15(2,24-5)10-18-13(17-4)21-8-6-11(7-9-21)16(3)12(22)19-14(23)20-16;/h11H,6-10H2,1-5H3,(H,17,18)(H2,19,20,22,23);1H. The van der Waals surface area contributed by atoms with Crippen LogP contribution >= 0.6 is 35.7 Å². The SMILES string of the molecule is CN=C(NCC(C)(C)SC)N1CCC(C2(C)NC(=O)NC2=O)CC1.I. The van der Waals surface area contributed by atoms with E-state index in [1.165, 1.54) is 0 Å². The number of hydrogen-bond donors (Lipinski definition) is 3. The Balaban J connectivity index is 0.00000312. The molecule has 2 fully saturated rings. The summed E-state index contributed by atoms with van der Waals surface area (Å²) in [5, 5.41) is 8.59. The predicted molar refractivity (Wildman–Crippen MR) is 114 cm³/mol. The number of aliphatic imine (C=N–C) groups is 1. The lowest BCUT2D eigenvalue weighted by Crippen LogP contribution is -2.56. The number of thioether (sulfide) groups is 1. The van der Waals surface area contributed by atoms with Crippen molar-refractivity contribution in [3.05, 3.63) is 0 Å². The van der Waals surface area contributed by atoms with Crippen molar-refractivity contribution in [1.29, 1.82) is 0 Å². The lowest BCUT2D eigenvalue weighted by Gasteiger charge is -2.40. The van der Waals surface area contributed by atoms with E-state index >= 15 is 0 Å². The number of piperidine rings is 1. The number of nitrogens with one attached hydrogen (secondary N) is 3. The summed E-state index contributed by atoms with van der Waals surface area (Å²) in [7, 11) is 1.80. The summed E-state index contributed by atoms with van der Waals surface area (Å²) in [5.41, 5.74) is -0.791. The second-order valence-electron chi connectivity index (χ2n) is 7.24. The maximum Gasteiger partial charge on any atom is 0.322 e. The van der Waals surface area contributed by atoms with Gasteiger partial charge in [0.25, 0.3) is 5.91 Å². The fraction of sp³-hybridized carbons (Fsp3) is 0.812. The van der Waals surface area contributed by atoms with Gasteiger partial charge in [-0.15, -0.1) is 24.0 Å². The number of amides is 3. The third-order valence-corrected chi connectivity index (χ3v) is 6.37. The first-order chi connectivity index (χ1) is 11.2. The molecule has 0 aromatic heterocycles. The molecule has 1 unspecified atom stereocenters. The van der Waals surface area contributed by atoms with Gasteiger partial charge in [0.1, 0.15) is 5.54 Å². The number of rotatable bonds is 4. The highest BCUT2D eigenvalue weighted by molar-refractivity contribution is 14.0. The van der Waals surface area contributed by atoms with Crippen LogP contribution in [0.3, 0.4) is 0 Å². The van der Waals surface area contributed by atoms with Crippen LogP contribution in [0.5, 0.6) is 0 Å². The van der Waals surface area contributed by atoms with Gasteiger partial charge in [-0.25, -0.2) is 4.79 Å². The van der Waals surface area contributed by atoms with Gasteiger partial charge < -0.3 is 15.5 Å². The van der Waals surface area contributed by atoms with E-state index in [0.717, 1.165) is 38.4 Å². The first kappa shape index (κ1) is 22.3. The molecule has 2 aliphatic heterocycles. The van der Waals surface area contributed by atoms with Gasteiger partial charge in [-0.2, -0.15) is 11.8 Å². The van der Waals surface area contributed by atoms with Crippen molar-refractivity contribution in [3.8, 4) is 0 Å². The van der Waals surface area contributed by atoms with Crippen LogP contribution in [0.25, 0.3) is 0 Å².